The van der Waals surface area contributed by atoms with Crippen molar-refractivity contribution in [2.45, 2.75) is 37.2 Å². The van der Waals surface area contributed by atoms with Gasteiger partial charge < -0.3 is 9.84 Å². The van der Waals surface area contributed by atoms with Crippen LogP contribution < -0.4 is 4.72 Å². The minimum atomic E-state index is -3.53. The number of hydrogen-bond donors (Lipinski definition) is 2. The second kappa shape index (κ2) is 6.55. The van der Waals surface area contributed by atoms with Gasteiger partial charge >= 0.3 is 5.97 Å². The number of hydrogen-bond acceptors (Lipinski definition) is 4. The van der Waals surface area contributed by atoms with E-state index in [1.54, 1.807) is 19.2 Å². The highest BCUT2D eigenvalue weighted by molar-refractivity contribution is 7.88. The van der Waals surface area contributed by atoms with Crippen LogP contribution in [0.3, 0.4) is 0 Å². The SMILES string of the molecule is COC1CCCC1NS(=O)(=O)Cc1cccc(C(=O)O)c1. The third-order valence-corrected chi connectivity index (χ3v) is 4.99. The van der Waals surface area contributed by atoms with Crippen LogP contribution >= 0.6 is 0 Å². The first-order valence-electron chi connectivity index (χ1n) is 6.76. The van der Waals surface area contributed by atoms with Crippen molar-refractivity contribution in [3.8, 4) is 0 Å². The Labute approximate surface area is 124 Å². The Bertz CT molecular complexity index is 614. The predicted molar refractivity (Wildman–Crippen MR) is 77.6 cm³/mol. The minimum Gasteiger partial charge on any atom is -0.478 e. The zero-order valence-electron chi connectivity index (χ0n) is 11.8. The summed E-state index contributed by atoms with van der Waals surface area (Å²) in [5, 5.41) is 8.92. The van der Waals surface area contributed by atoms with Gasteiger partial charge in [0.25, 0.3) is 0 Å². The number of nitrogens with one attached hydrogen (secondary N) is 1. The van der Waals surface area contributed by atoms with E-state index in [9.17, 15) is 13.2 Å². The van der Waals surface area contributed by atoms with Crippen molar-refractivity contribution in [2.75, 3.05) is 7.11 Å². The van der Waals surface area contributed by atoms with Crippen LogP contribution in [0.4, 0.5) is 0 Å². The van der Waals surface area contributed by atoms with E-state index in [0.29, 0.717) is 5.56 Å². The summed E-state index contributed by atoms with van der Waals surface area (Å²) in [6.45, 7) is 0. The van der Waals surface area contributed by atoms with Crippen LogP contribution in [-0.4, -0.2) is 38.7 Å². The Balaban J connectivity index is 2.07. The molecule has 7 heteroatoms. The van der Waals surface area contributed by atoms with Gasteiger partial charge in [-0.2, -0.15) is 0 Å². The molecule has 2 rings (SSSR count). The third-order valence-electron chi connectivity index (χ3n) is 3.62. The van der Waals surface area contributed by atoms with Gasteiger partial charge in [-0.05, 0) is 37.0 Å². The molecule has 2 N–H and O–H groups in total. The van der Waals surface area contributed by atoms with Crippen molar-refractivity contribution >= 4 is 16.0 Å². The Morgan fingerprint density at radius 2 is 2.19 bits per heavy atom. The van der Waals surface area contributed by atoms with Gasteiger partial charge in [0.1, 0.15) is 0 Å². The molecule has 0 heterocycles. The number of ether oxygens (including phenoxy) is 1. The van der Waals surface area contributed by atoms with Crippen molar-refractivity contribution in [1.82, 2.24) is 4.72 Å². The highest BCUT2D eigenvalue weighted by Gasteiger charge is 2.30. The molecule has 0 radical (unpaired) electrons. The van der Waals surface area contributed by atoms with Crippen molar-refractivity contribution < 1.29 is 23.1 Å². The first kappa shape index (κ1) is 15.9. The van der Waals surface area contributed by atoms with Crippen LogP contribution in [0.15, 0.2) is 24.3 Å². The Morgan fingerprint density at radius 1 is 1.43 bits per heavy atom. The van der Waals surface area contributed by atoms with E-state index in [1.165, 1.54) is 12.1 Å². The van der Waals surface area contributed by atoms with E-state index in [-0.39, 0.29) is 23.5 Å². The fraction of sp³-hybridized carbons (Fsp3) is 0.500. The number of sulfonamides is 1. The highest BCUT2D eigenvalue weighted by atomic mass is 32.2. The van der Waals surface area contributed by atoms with Crippen LogP contribution in [0.5, 0.6) is 0 Å². The topological polar surface area (TPSA) is 92.7 Å². The van der Waals surface area contributed by atoms with Crippen LogP contribution in [0, 0.1) is 0 Å². The number of carboxylic acids is 1. The normalized spacial score (nSPS) is 22.3. The first-order valence-corrected chi connectivity index (χ1v) is 8.41. The fourth-order valence-electron chi connectivity index (χ4n) is 2.63. The molecule has 2 atom stereocenters. The third kappa shape index (κ3) is 4.26. The summed E-state index contributed by atoms with van der Waals surface area (Å²) in [5.74, 6) is -1.31. The Morgan fingerprint density at radius 3 is 2.86 bits per heavy atom. The number of benzene rings is 1. The lowest BCUT2D eigenvalue weighted by Crippen LogP contribution is -2.41. The van der Waals surface area contributed by atoms with Gasteiger partial charge in [-0.25, -0.2) is 17.9 Å². The fourth-order valence-corrected chi connectivity index (χ4v) is 4.06. The maximum Gasteiger partial charge on any atom is 0.335 e. The number of methoxy groups -OCH3 is 1. The van der Waals surface area contributed by atoms with Crippen LogP contribution in [-0.2, 0) is 20.5 Å². The molecule has 1 saturated carbocycles. The Kier molecular flexibility index (Phi) is 4.97. The molecule has 0 aliphatic heterocycles. The predicted octanol–water partition coefficient (Wildman–Crippen LogP) is 1.37. The molecular formula is C14H19NO5S. The molecule has 116 valence electrons. The standard InChI is InChI=1S/C14H19NO5S/c1-20-13-7-3-6-12(13)15-21(18,19)9-10-4-2-5-11(8-10)14(16)17/h2,4-5,8,12-13,15H,3,6-7,9H2,1H3,(H,16,17). The van der Waals surface area contributed by atoms with Gasteiger partial charge in [0.15, 0.2) is 0 Å². The lowest BCUT2D eigenvalue weighted by Gasteiger charge is -2.19. The van der Waals surface area contributed by atoms with E-state index >= 15 is 0 Å². The van der Waals surface area contributed by atoms with Gasteiger partial charge in [0.2, 0.25) is 10.0 Å². The number of carboxylic acid groups (broad SMARTS) is 1. The molecule has 0 saturated heterocycles. The molecule has 6 nitrogen and oxygen atoms in total. The zero-order chi connectivity index (χ0) is 15.5. The monoisotopic (exact) mass is 313 g/mol. The lowest BCUT2D eigenvalue weighted by atomic mass is 10.1. The van der Waals surface area contributed by atoms with Gasteiger partial charge in [0, 0.05) is 13.2 Å². The molecule has 0 amide bonds. The van der Waals surface area contributed by atoms with Crippen LogP contribution in [0.1, 0.15) is 35.2 Å². The molecule has 21 heavy (non-hydrogen) atoms. The summed E-state index contributed by atoms with van der Waals surface area (Å²) in [4.78, 5) is 10.9. The molecule has 1 fully saturated rings. The zero-order valence-corrected chi connectivity index (χ0v) is 12.6. The van der Waals surface area contributed by atoms with E-state index in [1.807, 2.05) is 0 Å². The van der Waals surface area contributed by atoms with Gasteiger partial charge in [-0.1, -0.05) is 12.1 Å². The highest BCUT2D eigenvalue weighted by Crippen LogP contribution is 2.22. The van der Waals surface area contributed by atoms with E-state index < -0.39 is 16.0 Å². The molecule has 0 aromatic heterocycles. The molecule has 1 aromatic carbocycles. The largest absolute Gasteiger partial charge is 0.478 e. The summed E-state index contributed by atoms with van der Waals surface area (Å²) in [5.41, 5.74) is 0.535. The Hall–Kier alpha value is -1.44. The van der Waals surface area contributed by atoms with Crippen molar-refractivity contribution in [1.29, 1.82) is 0 Å². The molecule has 1 aliphatic carbocycles. The summed E-state index contributed by atoms with van der Waals surface area (Å²) in [6.07, 6.45) is 2.44. The average molecular weight is 313 g/mol. The lowest BCUT2D eigenvalue weighted by molar-refractivity contribution is 0.0696. The van der Waals surface area contributed by atoms with Crippen LogP contribution in [0.25, 0.3) is 0 Å². The molecule has 1 aromatic rings. The number of carbonyl (C=O) groups is 1. The summed E-state index contributed by atoms with van der Waals surface area (Å²) < 4.78 is 32.3. The minimum absolute atomic E-state index is 0.0818. The first-order chi connectivity index (χ1) is 9.91. The van der Waals surface area contributed by atoms with Crippen molar-refractivity contribution in [3.05, 3.63) is 35.4 Å². The van der Waals surface area contributed by atoms with Crippen molar-refractivity contribution in [2.24, 2.45) is 0 Å². The number of aromatic carboxylic acids is 1. The van der Waals surface area contributed by atoms with Gasteiger partial charge in [0.05, 0.1) is 17.4 Å². The van der Waals surface area contributed by atoms with E-state index in [4.69, 9.17) is 9.84 Å². The smallest absolute Gasteiger partial charge is 0.335 e. The van der Waals surface area contributed by atoms with Crippen molar-refractivity contribution in [3.63, 3.8) is 0 Å². The summed E-state index contributed by atoms with van der Waals surface area (Å²) in [7, 11) is -1.95. The van der Waals surface area contributed by atoms with E-state index in [0.717, 1.165) is 19.3 Å². The average Bonchev–Trinajstić information content (AvgIpc) is 2.84. The maximum atomic E-state index is 12.2. The second-order valence-corrected chi connectivity index (χ2v) is 6.95. The summed E-state index contributed by atoms with van der Waals surface area (Å²) >= 11 is 0. The molecular weight excluding hydrogens is 294 g/mol. The van der Waals surface area contributed by atoms with E-state index in [2.05, 4.69) is 4.72 Å². The van der Waals surface area contributed by atoms with Crippen LogP contribution in [0.2, 0.25) is 0 Å². The molecule has 0 bridgehead atoms. The number of rotatable bonds is 6. The molecule has 1 aliphatic rings. The van der Waals surface area contributed by atoms with Gasteiger partial charge in [-0.3, -0.25) is 0 Å². The maximum absolute atomic E-state index is 12.2. The molecule has 0 spiro atoms. The summed E-state index contributed by atoms with van der Waals surface area (Å²) in [6, 6.07) is 5.76. The second-order valence-electron chi connectivity index (χ2n) is 5.19. The quantitative estimate of drug-likeness (QED) is 0.827. The molecule has 2 unspecified atom stereocenters. The van der Waals surface area contributed by atoms with Gasteiger partial charge in [-0.15, -0.1) is 0 Å².